The average Bonchev–Trinajstić information content (AvgIpc) is 3.79. The minimum atomic E-state index is -4.98. The second-order valence-corrected chi connectivity index (χ2v) is 20.9. The van der Waals surface area contributed by atoms with Crippen LogP contribution in [0.2, 0.25) is 0 Å². The molecule has 5 aromatic rings. The van der Waals surface area contributed by atoms with E-state index in [1.807, 2.05) is 4.90 Å². The minimum absolute atomic E-state index is 0.0294. The van der Waals surface area contributed by atoms with Crippen LogP contribution in [0.25, 0.3) is 11.4 Å². The predicted octanol–water partition coefficient (Wildman–Crippen LogP) is 4.45. The fourth-order valence-corrected chi connectivity index (χ4v) is 11.1. The molecule has 1 atom stereocenters. The van der Waals surface area contributed by atoms with E-state index in [0.29, 0.717) is 65.6 Å². The Balaban J connectivity index is 1.55. The molecule has 1 saturated heterocycles. The fourth-order valence-electron chi connectivity index (χ4n) is 7.60. The van der Waals surface area contributed by atoms with Gasteiger partial charge in [-0.3, -0.25) is 0 Å². The molecule has 0 unspecified atom stereocenters. The number of methoxy groups -OCH3 is 3. The normalized spacial score (nSPS) is 14.0. The fraction of sp³-hybridized carbons (Fsp3) is 0.413. The molecule has 4 aromatic carbocycles. The first-order valence-electron chi connectivity index (χ1n) is 22.0. The van der Waals surface area contributed by atoms with Gasteiger partial charge in [-0.05, 0) is 115 Å². The molecular weight excluding hydrogens is 935 g/mol. The van der Waals surface area contributed by atoms with Gasteiger partial charge in [0.15, 0.2) is 5.82 Å². The molecule has 1 aliphatic heterocycles. The number of ether oxygens (including phenoxy) is 4. The zero-order valence-electron chi connectivity index (χ0n) is 39.3. The summed E-state index contributed by atoms with van der Waals surface area (Å²) in [5, 5.41) is 37.7. The number of aromatic nitrogens is 4. The lowest BCUT2D eigenvalue weighted by Gasteiger charge is -2.35. The lowest BCUT2D eigenvalue weighted by atomic mass is 9.95. The molecule has 2 amide bonds. The van der Waals surface area contributed by atoms with Crippen LogP contribution in [0.5, 0.6) is 17.2 Å². The van der Waals surface area contributed by atoms with Crippen molar-refractivity contribution in [1.82, 2.24) is 39.9 Å². The average molecular weight is 994 g/mol. The number of nitrogens with zero attached hydrogens (tertiary/aromatic N) is 6. The van der Waals surface area contributed by atoms with E-state index in [9.17, 15) is 28.2 Å². The quantitative estimate of drug-likeness (QED) is 0.0680. The van der Waals surface area contributed by atoms with E-state index in [4.69, 9.17) is 18.9 Å². The number of aliphatic hydroxyl groups is 1. The molecule has 1 aliphatic rings. The van der Waals surface area contributed by atoms with Crippen LogP contribution in [-0.4, -0.2) is 130 Å². The summed E-state index contributed by atoms with van der Waals surface area (Å²) in [6, 6.07) is 23.3. The standard InChI is InChI=1S/C46H59N9O12S2/c1-46(2,3)67-45(59)48-26-35(56)27-49-68(60,61)40-20-19-39(53-23-21-31(22-24-53)25-47-44(57)58)41(43-50-51-52-55(43)30-34-11-17-38(66-6)18-12-34)42(40)69(62,63)54(28-32-7-13-36(64-4)14-8-32)29-33-9-15-37(65-5)16-10-33/h7-20,31,35,47,49,56H,21-30H2,1-6H3,(H,48,59)(H,57,58)/t35-/m1/s1. The number of carbonyl (C=O) groups excluding carboxylic acids is 1. The van der Waals surface area contributed by atoms with Crippen molar-refractivity contribution in [2.24, 2.45) is 5.92 Å². The largest absolute Gasteiger partial charge is 0.497 e. The number of tetrazole rings is 1. The first kappa shape index (κ1) is 51.9. The van der Waals surface area contributed by atoms with Crippen molar-refractivity contribution in [2.45, 2.75) is 74.7 Å². The number of sulfonamides is 2. The summed E-state index contributed by atoms with van der Waals surface area (Å²) in [4.78, 5) is 24.3. The number of carbonyl (C=O) groups is 2. The van der Waals surface area contributed by atoms with Gasteiger partial charge in [-0.15, -0.1) is 5.10 Å². The number of alkyl carbamates (subject to hydrolysis) is 1. The molecular formula is C46H59N9O12S2. The summed E-state index contributed by atoms with van der Waals surface area (Å²) in [5.74, 6) is 1.56. The van der Waals surface area contributed by atoms with Crippen LogP contribution in [0.4, 0.5) is 15.3 Å². The number of piperidine rings is 1. The van der Waals surface area contributed by atoms with Crippen molar-refractivity contribution in [3.05, 3.63) is 102 Å². The Hall–Kier alpha value is -6.53. The van der Waals surface area contributed by atoms with Crippen molar-refractivity contribution >= 4 is 37.9 Å². The molecule has 1 aromatic heterocycles. The van der Waals surface area contributed by atoms with Gasteiger partial charge in [0.25, 0.3) is 0 Å². The molecule has 69 heavy (non-hydrogen) atoms. The van der Waals surface area contributed by atoms with Gasteiger partial charge >= 0.3 is 12.2 Å². The number of rotatable bonds is 21. The maximum Gasteiger partial charge on any atom is 0.407 e. The summed E-state index contributed by atoms with van der Waals surface area (Å²) in [6.07, 6.45) is -2.43. The van der Waals surface area contributed by atoms with E-state index >= 15 is 8.42 Å². The van der Waals surface area contributed by atoms with Crippen molar-refractivity contribution in [1.29, 1.82) is 0 Å². The monoisotopic (exact) mass is 993 g/mol. The van der Waals surface area contributed by atoms with Crippen LogP contribution >= 0.6 is 0 Å². The zero-order chi connectivity index (χ0) is 49.9. The smallest absolute Gasteiger partial charge is 0.407 e. The number of hydrogen-bond donors (Lipinski definition) is 5. The summed E-state index contributed by atoms with van der Waals surface area (Å²) in [5.41, 5.74) is 1.17. The molecule has 23 heteroatoms. The summed E-state index contributed by atoms with van der Waals surface area (Å²) in [7, 11) is -5.29. The highest BCUT2D eigenvalue weighted by Gasteiger charge is 2.39. The molecule has 0 saturated carbocycles. The van der Waals surface area contributed by atoms with Gasteiger partial charge in [-0.2, -0.15) is 4.31 Å². The highest BCUT2D eigenvalue weighted by atomic mass is 32.2. The molecule has 5 N–H and O–H groups in total. The number of carboxylic acid groups (broad SMARTS) is 1. The Kier molecular flexibility index (Phi) is 17.1. The van der Waals surface area contributed by atoms with E-state index in [-0.39, 0.29) is 43.5 Å². The third-order valence-electron chi connectivity index (χ3n) is 11.2. The first-order valence-corrected chi connectivity index (χ1v) is 24.9. The molecule has 1 fully saturated rings. The second-order valence-electron chi connectivity index (χ2n) is 17.3. The van der Waals surface area contributed by atoms with Crippen LogP contribution in [0.15, 0.2) is 94.7 Å². The first-order chi connectivity index (χ1) is 32.8. The molecule has 0 radical (unpaired) electrons. The van der Waals surface area contributed by atoms with Crippen LogP contribution < -0.4 is 34.5 Å². The number of aliphatic hydroxyl groups excluding tert-OH is 1. The van der Waals surface area contributed by atoms with Gasteiger partial charge in [0, 0.05) is 51.5 Å². The lowest BCUT2D eigenvalue weighted by molar-refractivity contribution is 0.0494. The maximum absolute atomic E-state index is 16.1. The van der Waals surface area contributed by atoms with E-state index in [1.165, 1.54) is 42.4 Å². The van der Waals surface area contributed by atoms with Crippen molar-refractivity contribution in [2.75, 3.05) is 59.0 Å². The third kappa shape index (κ3) is 13.8. The number of nitrogens with one attached hydrogen (secondary N) is 3. The van der Waals surface area contributed by atoms with E-state index < -0.39 is 66.8 Å². The lowest BCUT2D eigenvalue weighted by Crippen LogP contribution is -2.42. The van der Waals surface area contributed by atoms with Crippen LogP contribution in [-0.2, 0) is 44.4 Å². The van der Waals surface area contributed by atoms with Gasteiger partial charge in [0.05, 0.1) is 39.5 Å². The predicted molar refractivity (Wildman–Crippen MR) is 254 cm³/mol. The van der Waals surface area contributed by atoms with Gasteiger partial charge < -0.3 is 44.7 Å². The second kappa shape index (κ2) is 22.7. The summed E-state index contributed by atoms with van der Waals surface area (Å²) < 4.78 is 88.1. The molecule has 372 valence electrons. The number of hydrogen-bond acceptors (Lipinski definition) is 15. The SMILES string of the molecule is COc1ccc(CN(Cc2ccc(OC)cc2)S(=O)(=O)c2c(S(=O)(=O)NC[C@H](O)CNC(=O)OC(C)(C)C)ccc(N3CCC(CNC(=O)O)CC3)c2-c2nnnn2Cc2ccc(OC)cc2)cc1. The highest BCUT2D eigenvalue weighted by molar-refractivity contribution is 7.92. The Labute approximate surface area is 401 Å². The van der Waals surface area contributed by atoms with Crippen LogP contribution in [0.1, 0.15) is 50.3 Å². The molecule has 0 aliphatic carbocycles. The van der Waals surface area contributed by atoms with E-state index in [1.54, 1.807) is 93.6 Å². The number of amides is 2. The highest BCUT2D eigenvalue weighted by Crippen LogP contribution is 2.43. The van der Waals surface area contributed by atoms with Gasteiger partial charge in [-0.1, -0.05) is 36.4 Å². The molecule has 0 bridgehead atoms. The maximum atomic E-state index is 16.1. The minimum Gasteiger partial charge on any atom is -0.497 e. The Morgan fingerprint density at radius 2 is 1.32 bits per heavy atom. The van der Waals surface area contributed by atoms with Crippen molar-refractivity contribution in [3.8, 4) is 28.6 Å². The molecule has 0 spiro atoms. The molecule has 21 nitrogen and oxygen atoms in total. The van der Waals surface area contributed by atoms with Crippen LogP contribution in [0.3, 0.4) is 0 Å². The van der Waals surface area contributed by atoms with Crippen molar-refractivity contribution in [3.63, 3.8) is 0 Å². The molecule has 2 heterocycles. The van der Waals surface area contributed by atoms with Gasteiger partial charge in [0.2, 0.25) is 20.0 Å². The van der Waals surface area contributed by atoms with Crippen LogP contribution in [0, 0.1) is 5.92 Å². The number of benzene rings is 4. The van der Waals surface area contributed by atoms with E-state index in [0.717, 1.165) is 0 Å². The summed E-state index contributed by atoms with van der Waals surface area (Å²) in [6.45, 7) is 4.40. The third-order valence-corrected chi connectivity index (χ3v) is 14.6. The Bertz CT molecular complexity index is 2690. The van der Waals surface area contributed by atoms with Gasteiger partial charge in [-0.25, -0.2) is 35.8 Å². The van der Waals surface area contributed by atoms with E-state index in [2.05, 4.69) is 30.9 Å². The Morgan fingerprint density at radius 3 is 1.83 bits per heavy atom. The number of anilines is 1. The topological polar surface area (TPSA) is 266 Å². The molecule has 6 rings (SSSR count). The Morgan fingerprint density at radius 1 is 0.783 bits per heavy atom. The van der Waals surface area contributed by atoms with Crippen molar-refractivity contribution < 1.29 is 55.6 Å². The van der Waals surface area contributed by atoms with Gasteiger partial charge in [0.1, 0.15) is 32.6 Å². The zero-order valence-corrected chi connectivity index (χ0v) is 40.9. The summed E-state index contributed by atoms with van der Waals surface area (Å²) >= 11 is 0.